The fourth-order valence-corrected chi connectivity index (χ4v) is 3.92. The molecule has 0 aromatic heterocycles. The molecule has 0 spiro atoms. The summed E-state index contributed by atoms with van der Waals surface area (Å²) < 4.78 is 11.5. The van der Waals surface area contributed by atoms with Gasteiger partial charge in [-0.1, -0.05) is 0 Å². The van der Waals surface area contributed by atoms with E-state index in [1.807, 2.05) is 17.0 Å². The van der Waals surface area contributed by atoms with Crippen molar-refractivity contribution in [1.82, 2.24) is 15.5 Å². The molecule has 1 aromatic carbocycles. The summed E-state index contributed by atoms with van der Waals surface area (Å²) in [5.74, 6) is 1.64. The van der Waals surface area contributed by atoms with Gasteiger partial charge in [-0.05, 0) is 44.0 Å². The Morgan fingerprint density at radius 1 is 1.14 bits per heavy atom. The molecular weight excluding hydrogens is 394 g/mol. The van der Waals surface area contributed by atoms with Crippen LogP contribution in [-0.2, 0) is 4.79 Å². The molecule has 1 saturated carbocycles. The summed E-state index contributed by atoms with van der Waals surface area (Å²) in [7, 11) is 1.59. The first kappa shape index (κ1) is 21.7. The lowest BCUT2D eigenvalue weighted by atomic mass is 10.1. The zero-order chi connectivity index (χ0) is 19.5. The van der Waals surface area contributed by atoms with Gasteiger partial charge in [0.25, 0.3) is 5.91 Å². The molecule has 2 heterocycles. The number of likely N-dealkylation sites (tertiary alicyclic amines) is 1. The SMILES string of the molecule is COc1ccc(OC2CCN(C(=O)C3CC3)CC2)c(C(=O)NC2CCNC2)c1.Cl. The van der Waals surface area contributed by atoms with Gasteiger partial charge in [-0.15, -0.1) is 12.4 Å². The Balaban J connectivity index is 0.00000240. The molecule has 4 rings (SSSR count). The van der Waals surface area contributed by atoms with E-state index in [0.29, 0.717) is 23.0 Å². The number of benzene rings is 1. The van der Waals surface area contributed by atoms with Gasteiger partial charge < -0.3 is 25.0 Å². The first-order chi connectivity index (χ1) is 13.6. The van der Waals surface area contributed by atoms with Crippen LogP contribution in [0.3, 0.4) is 0 Å². The fraction of sp³-hybridized carbons (Fsp3) is 0.619. The van der Waals surface area contributed by atoms with Crippen LogP contribution in [0.25, 0.3) is 0 Å². The molecule has 0 bridgehead atoms. The molecule has 3 fully saturated rings. The van der Waals surface area contributed by atoms with Crippen molar-refractivity contribution in [3.8, 4) is 11.5 Å². The smallest absolute Gasteiger partial charge is 0.255 e. The van der Waals surface area contributed by atoms with Crippen molar-refractivity contribution in [2.75, 3.05) is 33.3 Å². The number of nitrogens with zero attached hydrogens (tertiary/aromatic N) is 1. The number of hydrogen-bond acceptors (Lipinski definition) is 5. The molecule has 1 aromatic rings. The van der Waals surface area contributed by atoms with Gasteiger partial charge in [-0.25, -0.2) is 0 Å². The lowest BCUT2D eigenvalue weighted by Crippen LogP contribution is -2.42. The zero-order valence-corrected chi connectivity index (χ0v) is 17.6. The average Bonchev–Trinajstić information content (AvgIpc) is 3.45. The second kappa shape index (κ2) is 9.67. The number of nitrogens with one attached hydrogen (secondary N) is 2. The molecular formula is C21H30ClN3O4. The maximum absolute atomic E-state index is 12.8. The van der Waals surface area contributed by atoms with E-state index in [1.54, 1.807) is 13.2 Å². The minimum absolute atomic E-state index is 0. The van der Waals surface area contributed by atoms with Gasteiger partial charge in [-0.2, -0.15) is 0 Å². The Morgan fingerprint density at radius 2 is 1.90 bits per heavy atom. The molecule has 160 valence electrons. The molecule has 2 N–H and O–H groups in total. The van der Waals surface area contributed by atoms with Crippen molar-refractivity contribution in [3.63, 3.8) is 0 Å². The first-order valence-electron chi connectivity index (χ1n) is 10.3. The monoisotopic (exact) mass is 423 g/mol. The predicted octanol–water partition coefficient (Wildman–Crippen LogP) is 1.99. The van der Waals surface area contributed by atoms with E-state index in [2.05, 4.69) is 10.6 Å². The third-order valence-corrected chi connectivity index (χ3v) is 5.80. The summed E-state index contributed by atoms with van der Waals surface area (Å²) in [5.41, 5.74) is 0.503. The van der Waals surface area contributed by atoms with Crippen molar-refractivity contribution in [2.45, 2.75) is 44.2 Å². The van der Waals surface area contributed by atoms with Crippen molar-refractivity contribution in [1.29, 1.82) is 0 Å². The van der Waals surface area contributed by atoms with E-state index in [4.69, 9.17) is 9.47 Å². The Kier molecular flexibility index (Phi) is 7.24. The Morgan fingerprint density at radius 3 is 2.52 bits per heavy atom. The highest BCUT2D eigenvalue weighted by Gasteiger charge is 2.35. The highest BCUT2D eigenvalue weighted by atomic mass is 35.5. The van der Waals surface area contributed by atoms with E-state index in [1.165, 1.54) is 0 Å². The van der Waals surface area contributed by atoms with Crippen LogP contribution in [0.1, 0.15) is 42.5 Å². The van der Waals surface area contributed by atoms with E-state index >= 15 is 0 Å². The number of methoxy groups -OCH3 is 1. The van der Waals surface area contributed by atoms with Crippen LogP contribution in [0.15, 0.2) is 18.2 Å². The van der Waals surface area contributed by atoms with Crippen LogP contribution in [0.5, 0.6) is 11.5 Å². The number of hydrogen-bond donors (Lipinski definition) is 2. The first-order valence-corrected chi connectivity index (χ1v) is 10.3. The molecule has 1 atom stereocenters. The standard InChI is InChI=1S/C21H29N3O4.ClH/c1-27-17-4-5-19(18(12-17)20(25)23-15-6-9-22-13-15)28-16-7-10-24(11-8-16)21(26)14-2-3-14;/h4-5,12,14-16,22H,2-3,6-11,13H2,1H3,(H,23,25);1H. The highest BCUT2D eigenvalue weighted by Crippen LogP contribution is 2.33. The third-order valence-electron chi connectivity index (χ3n) is 5.80. The van der Waals surface area contributed by atoms with Crippen molar-refractivity contribution < 1.29 is 19.1 Å². The summed E-state index contributed by atoms with van der Waals surface area (Å²) in [6.07, 6.45) is 4.60. The number of piperidine rings is 1. The quantitative estimate of drug-likeness (QED) is 0.731. The largest absolute Gasteiger partial charge is 0.497 e. The van der Waals surface area contributed by atoms with Crippen LogP contribution in [0.2, 0.25) is 0 Å². The summed E-state index contributed by atoms with van der Waals surface area (Å²) in [6, 6.07) is 5.50. The predicted molar refractivity (Wildman–Crippen MR) is 112 cm³/mol. The molecule has 2 aliphatic heterocycles. The van der Waals surface area contributed by atoms with E-state index in [-0.39, 0.29) is 36.4 Å². The van der Waals surface area contributed by atoms with Crippen LogP contribution >= 0.6 is 12.4 Å². The highest BCUT2D eigenvalue weighted by molar-refractivity contribution is 5.97. The topological polar surface area (TPSA) is 79.9 Å². The Hall–Kier alpha value is -1.99. The van der Waals surface area contributed by atoms with E-state index < -0.39 is 0 Å². The molecule has 7 nitrogen and oxygen atoms in total. The van der Waals surface area contributed by atoms with E-state index in [9.17, 15) is 9.59 Å². The number of carbonyl (C=O) groups is 2. The third kappa shape index (κ3) is 5.34. The average molecular weight is 424 g/mol. The number of amides is 2. The van der Waals surface area contributed by atoms with Gasteiger partial charge in [-0.3, -0.25) is 9.59 Å². The van der Waals surface area contributed by atoms with Crippen molar-refractivity contribution >= 4 is 24.2 Å². The Bertz CT molecular complexity index is 727. The summed E-state index contributed by atoms with van der Waals surface area (Å²) in [5, 5.41) is 6.33. The molecule has 0 radical (unpaired) electrons. The molecule has 2 saturated heterocycles. The fourth-order valence-electron chi connectivity index (χ4n) is 3.92. The minimum atomic E-state index is -0.135. The van der Waals surface area contributed by atoms with Gasteiger partial charge in [0.2, 0.25) is 5.91 Å². The van der Waals surface area contributed by atoms with Crippen LogP contribution < -0.4 is 20.1 Å². The lowest BCUT2D eigenvalue weighted by molar-refractivity contribution is -0.134. The van der Waals surface area contributed by atoms with Gasteiger partial charge in [0, 0.05) is 44.4 Å². The molecule has 29 heavy (non-hydrogen) atoms. The number of halogens is 1. The minimum Gasteiger partial charge on any atom is -0.497 e. The van der Waals surface area contributed by atoms with Gasteiger partial charge in [0.05, 0.1) is 12.7 Å². The van der Waals surface area contributed by atoms with Crippen molar-refractivity contribution in [2.24, 2.45) is 5.92 Å². The van der Waals surface area contributed by atoms with Crippen LogP contribution in [-0.4, -0.2) is 62.1 Å². The van der Waals surface area contributed by atoms with Gasteiger partial charge in [0.15, 0.2) is 0 Å². The van der Waals surface area contributed by atoms with Crippen LogP contribution in [0, 0.1) is 5.92 Å². The molecule has 2 amide bonds. The summed E-state index contributed by atoms with van der Waals surface area (Å²) in [6.45, 7) is 3.17. The second-order valence-corrected chi connectivity index (χ2v) is 7.94. The summed E-state index contributed by atoms with van der Waals surface area (Å²) in [4.78, 5) is 27.0. The molecule has 3 aliphatic rings. The van der Waals surface area contributed by atoms with E-state index in [0.717, 1.165) is 58.3 Å². The number of carbonyl (C=O) groups excluding carboxylic acids is 2. The van der Waals surface area contributed by atoms with Gasteiger partial charge in [0.1, 0.15) is 17.6 Å². The van der Waals surface area contributed by atoms with Gasteiger partial charge >= 0.3 is 0 Å². The Labute approximate surface area is 177 Å². The van der Waals surface area contributed by atoms with Crippen molar-refractivity contribution in [3.05, 3.63) is 23.8 Å². The van der Waals surface area contributed by atoms with Crippen LogP contribution in [0.4, 0.5) is 0 Å². The number of ether oxygens (including phenoxy) is 2. The maximum atomic E-state index is 12.8. The number of rotatable bonds is 6. The molecule has 1 unspecified atom stereocenters. The second-order valence-electron chi connectivity index (χ2n) is 7.94. The molecule has 1 aliphatic carbocycles. The summed E-state index contributed by atoms with van der Waals surface area (Å²) >= 11 is 0. The normalized spacial score (nSPS) is 22.0. The maximum Gasteiger partial charge on any atom is 0.255 e. The molecule has 8 heteroatoms. The zero-order valence-electron chi connectivity index (χ0n) is 16.8. The lowest BCUT2D eigenvalue weighted by Gasteiger charge is -2.32.